The first-order chi connectivity index (χ1) is 7.72. The summed E-state index contributed by atoms with van der Waals surface area (Å²) in [4.78, 5) is 2.09. The molecule has 1 aromatic rings. The minimum Gasteiger partial charge on any atom is -0.390 e. The van der Waals surface area contributed by atoms with Gasteiger partial charge in [-0.3, -0.25) is 0 Å². The average Bonchev–Trinajstić information content (AvgIpc) is 2.75. The molecule has 2 rings (SSSR count). The van der Waals surface area contributed by atoms with Gasteiger partial charge in [0.2, 0.25) is 0 Å². The summed E-state index contributed by atoms with van der Waals surface area (Å²) in [5.74, 6) is 0.819. The fourth-order valence-corrected chi connectivity index (χ4v) is 2.02. The summed E-state index contributed by atoms with van der Waals surface area (Å²) in [7, 11) is 2.00. The molecule has 2 unspecified atom stereocenters. The third-order valence-corrected chi connectivity index (χ3v) is 3.06. The van der Waals surface area contributed by atoms with Crippen molar-refractivity contribution in [1.29, 1.82) is 0 Å². The minimum atomic E-state index is -0.0695. The standard InChI is InChI=1S/C11H17N3O2/c1-8-10(5-6-16-8)14(2)11-4-3-9(7-15)12-13-11/h3-4,8,10,15H,5-7H2,1-2H3. The quantitative estimate of drug-likeness (QED) is 0.812. The van der Waals surface area contributed by atoms with Gasteiger partial charge < -0.3 is 14.7 Å². The number of likely N-dealkylation sites (N-methyl/N-ethyl adjacent to an activating group) is 1. The molecule has 0 aliphatic carbocycles. The molecule has 0 radical (unpaired) electrons. The summed E-state index contributed by atoms with van der Waals surface area (Å²) in [6.45, 7) is 2.81. The van der Waals surface area contributed by atoms with Gasteiger partial charge in [0, 0.05) is 13.7 Å². The Labute approximate surface area is 95.1 Å². The molecule has 88 valence electrons. The summed E-state index contributed by atoms with van der Waals surface area (Å²) in [6, 6.07) is 4.03. The van der Waals surface area contributed by atoms with E-state index in [1.165, 1.54) is 0 Å². The molecule has 0 aromatic carbocycles. The lowest BCUT2D eigenvalue weighted by atomic mass is 10.1. The lowest BCUT2D eigenvalue weighted by molar-refractivity contribution is 0.118. The maximum Gasteiger partial charge on any atom is 0.151 e. The molecule has 1 N–H and O–H groups in total. The molecule has 0 spiro atoms. The molecular formula is C11H17N3O2. The highest BCUT2D eigenvalue weighted by molar-refractivity contribution is 5.38. The highest BCUT2D eigenvalue weighted by atomic mass is 16.5. The number of rotatable bonds is 3. The van der Waals surface area contributed by atoms with Gasteiger partial charge in [-0.05, 0) is 25.5 Å². The molecule has 2 heterocycles. The van der Waals surface area contributed by atoms with E-state index in [-0.39, 0.29) is 12.7 Å². The van der Waals surface area contributed by atoms with Crippen molar-refractivity contribution in [3.05, 3.63) is 17.8 Å². The number of ether oxygens (including phenoxy) is 1. The van der Waals surface area contributed by atoms with Crippen LogP contribution in [0.2, 0.25) is 0 Å². The van der Waals surface area contributed by atoms with Crippen molar-refractivity contribution in [3.8, 4) is 0 Å². The number of aliphatic hydroxyl groups is 1. The van der Waals surface area contributed by atoms with Crippen molar-refractivity contribution < 1.29 is 9.84 Å². The van der Waals surface area contributed by atoms with E-state index in [1.807, 2.05) is 13.1 Å². The first-order valence-electron chi connectivity index (χ1n) is 5.50. The fraction of sp³-hybridized carbons (Fsp3) is 0.636. The maximum atomic E-state index is 8.88. The Morgan fingerprint density at radius 1 is 1.50 bits per heavy atom. The number of aliphatic hydroxyl groups excluding tert-OH is 1. The molecule has 1 aromatic heterocycles. The highest BCUT2D eigenvalue weighted by Gasteiger charge is 2.28. The Balaban J connectivity index is 2.10. The fourth-order valence-electron chi connectivity index (χ4n) is 2.02. The van der Waals surface area contributed by atoms with Crippen LogP contribution in [0.15, 0.2) is 12.1 Å². The minimum absolute atomic E-state index is 0.0695. The molecule has 16 heavy (non-hydrogen) atoms. The first kappa shape index (κ1) is 11.3. The second-order valence-electron chi connectivity index (χ2n) is 4.08. The summed E-state index contributed by atoms with van der Waals surface area (Å²) < 4.78 is 5.52. The number of hydrogen-bond donors (Lipinski definition) is 1. The van der Waals surface area contributed by atoms with E-state index in [2.05, 4.69) is 22.0 Å². The molecular weight excluding hydrogens is 206 g/mol. The average molecular weight is 223 g/mol. The monoisotopic (exact) mass is 223 g/mol. The van der Waals surface area contributed by atoms with Crippen molar-refractivity contribution >= 4 is 5.82 Å². The van der Waals surface area contributed by atoms with E-state index >= 15 is 0 Å². The smallest absolute Gasteiger partial charge is 0.151 e. The molecule has 1 saturated heterocycles. The Morgan fingerprint density at radius 2 is 2.31 bits per heavy atom. The van der Waals surface area contributed by atoms with Gasteiger partial charge >= 0.3 is 0 Å². The second-order valence-corrected chi connectivity index (χ2v) is 4.08. The molecule has 1 aliphatic rings. The maximum absolute atomic E-state index is 8.88. The first-order valence-corrected chi connectivity index (χ1v) is 5.50. The summed E-state index contributed by atoms with van der Waals surface area (Å²) >= 11 is 0. The largest absolute Gasteiger partial charge is 0.390 e. The van der Waals surface area contributed by atoms with Crippen LogP contribution < -0.4 is 4.90 Å². The zero-order chi connectivity index (χ0) is 11.5. The molecule has 2 atom stereocenters. The van der Waals surface area contributed by atoms with Crippen LogP contribution in [0.25, 0.3) is 0 Å². The van der Waals surface area contributed by atoms with Gasteiger partial charge in [-0.2, -0.15) is 5.10 Å². The summed E-state index contributed by atoms with van der Waals surface area (Å²) in [5, 5.41) is 16.9. The normalized spacial score (nSPS) is 24.7. The lowest BCUT2D eigenvalue weighted by Crippen LogP contribution is -2.37. The van der Waals surface area contributed by atoms with Crippen LogP contribution in [-0.4, -0.2) is 41.1 Å². The number of nitrogens with zero attached hydrogens (tertiary/aromatic N) is 3. The summed E-state index contributed by atoms with van der Waals surface area (Å²) in [5.41, 5.74) is 0.591. The van der Waals surface area contributed by atoms with E-state index in [9.17, 15) is 0 Å². The van der Waals surface area contributed by atoms with E-state index in [4.69, 9.17) is 9.84 Å². The van der Waals surface area contributed by atoms with Crippen LogP contribution in [-0.2, 0) is 11.3 Å². The predicted molar refractivity (Wildman–Crippen MR) is 60.2 cm³/mol. The SMILES string of the molecule is CC1OCCC1N(C)c1ccc(CO)nn1. The van der Waals surface area contributed by atoms with Crippen molar-refractivity contribution in [1.82, 2.24) is 10.2 Å². The summed E-state index contributed by atoms with van der Waals surface area (Å²) in [6.07, 6.45) is 1.24. The topological polar surface area (TPSA) is 58.5 Å². The van der Waals surface area contributed by atoms with Crippen LogP contribution >= 0.6 is 0 Å². The van der Waals surface area contributed by atoms with E-state index in [0.29, 0.717) is 11.7 Å². The zero-order valence-corrected chi connectivity index (χ0v) is 9.63. The van der Waals surface area contributed by atoms with Crippen molar-refractivity contribution in [2.75, 3.05) is 18.6 Å². The predicted octanol–water partition coefficient (Wildman–Crippen LogP) is 0.583. The van der Waals surface area contributed by atoms with Crippen molar-refractivity contribution in [2.24, 2.45) is 0 Å². The lowest BCUT2D eigenvalue weighted by Gasteiger charge is -2.27. The molecule has 5 heteroatoms. The van der Waals surface area contributed by atoms with Crippen molar-refractivity contribution in [2.45, 2.75) is 32.1 Å². The van der Waals surface area contributed by atoms with Gasteiger partial charge in [0.15, 0.2) is 5.82 Å². The third kappa shape index (κ3) is 2.15. The number of aromatic nitrogens is 2. The Morgan fingerprint density at radius 3 is 2.81 bits per heavy atom. The van der Waals surface area contributed by atoms with Gasteiger partial charge in [-0.25, -0.2) is 0 Å². The van der Waals surface area contributed by atoms with Crippen molar-refractivity contribution in [3.63, 3.8) is 0 Å². The van der Waals surface area contributed by atoms with Gasteiger partial charge in [0.05, 0.1) is 24.4 Å². The van der Waals surface area contributed by atoms with Crippen LogP contribution in [0.3, 0.4) is 0 Å². The Bertz CT molecular complexity index is 342. The third-order valence-electron chi connectivity index (χ3n) is 3.06. The van der Waals surface area contributed by atoms with Crippen LogP contribution in [0, 0.1) is 0 Å². The van der Waals surface area contributed by atoms with E-state index in [0.717, 1.165) is 18.8 Å². The zero-order valence-electron chi connectivity index (χ0n) is 9.63. The molecule has 5 nitrogen and oxygen atoms in total. The van der Waals surface area contributed by atoms with Crippen LogP contribution in [0.1, 0.15) is 19.0 Å². The van der Waals surface area contributed by atoms with E-state index in [1.54, 1.807) is 6.07 Å². The second kappa shape index (κ2) is 4.76. The molecule has 0 bridgehead atoms. The number of anilines is 1. The number of hydrogen-bond acceptors (Lipinski definition) is 5. The van der Waals surface area contributed by atoms with Gasteiger partial charge in [0.1, 0.15) is 0 Å². The Kier molecular flexibility index (Phi) is 3.36. The van der Waals surface area contributed by atoms with Gasteiger partial charge in [-0.1, -0.05) is 0 Å². The van der Waals surface area contributed by atoms with Gasteiger partial charge in [0.25, 0.3) is 0 Å². The molecule has 0 saturated carbocycles. The molecule has 0 amide bonds. The Hall–Kier alpha value is -1.20. The van der Waals surface area contributed by atoms with E-state index < -0.39 is 0 Å². The van der Waals surface area contributed by atoms with Gasteiger partial charge in [-0.15, -0.1) is 5.10 Å². The van der Waals surface area contributed by atoms with Crippen LogP contribution in [0.5, 0.6) is 0 Å². The highest BCUT2D eigenvalue weighted by Crippen LogP contribution is 2.22. The molecule has 1 aliphatic heterocycles. The molecule has 1 fully saturated rings. The van der Waals surface area contributed by atoms with Crippen LogP contribution in [0.4, 0.5) is 5.82 Å².